The highest BCUT2D eigenvalue weighted by Crippen LogP contribution is 2.37. The molecule has 4 nitrogen and oxygen atoms in total. The van der Waals surface area contributed by atoms with Gasteiger partial charge >= 0.3 is 0 Å². The summed E-state index contributed by atoms with van der Waals surface area (Å²) in [5, 5.41) is 3.48. The molecule has 2 aliphatic rings. The highest BCUT2D eigenvalue weighted by Gasteiger charge is 2.44. The molecule has 0 radical (unpaired) electrons. The first kappa shape index (κ1) is 11.9. The second-order valence-electron chi connectivity index (χ2n) is 5.25. The van der Waals surface area contributed by atoms with Crippen LogP contribution in [-0.2, 0) is 4.74 Å². The number of nitrogens with zero attached hydrogens (tertiary/aromatic N) is 1. The third-order valence-corrected chi connectivity index (χ3v) is 4.03. The van der Waals surface area contributed by atoms with Gasteiger partial charge in [0, 0.05) is 30.8 Å². The van der Waals surface area contributed by atoms with Crippen molar-refractivity contribution in [2.75, 3.05) is 26.3 Å². The number of piperidine rings is 1. The van der Waals surface area contributed by atoms with E-state index in [9.17, 15) is 0 Å². The van der Waals surface area contributed by atoms with Gasteiger partial charge in [0.25, 0.3) is 0 Å². The maximum Gasteiger partial charge on any atom is 0.213 e. The first-order valence-corrected chi connectivity index (χ1v) is 6.75. The maximum atomic E-state index is 5.93. The van der Waals surface area contributed by atoms with Crippen LogP contribution in [0.5, 0.6) is 5.88 Å². The number of ether oxygens (including phenoxy) is 2. The number of rotatable bonds is 3. The average molecular weight is 248 g/mol. The Hall–Kier alpha value is -1.13. The Bertz CT molecular complexity index is 371. The molecule has 3 heterocycles. The van der Waals surface area contributed by atoms with Crippen LogP contribution >= 0.6 is 0 Å². The normalized spacial score (nSPS) is 31.7. The minimum atomic E-state index is 0.133. The molecule has 0 saturated carbocycles. The second-order valence-corrected chi connectivity index (χ2v) is 5.25. The van der Waals surface area contributed by atoms with Crippen molar-refractivity contribution < 1.29 is 9.47 Å². The molecule has 18 heavy (non-hydrogen) atoms. The first-order chi connectivity index (χ1) is 8.89. The largest absolute Gasteiger partial charge is 0.477 e. The van der Waals surface area contributed by atoms with E-state index in [4.69, 9.17) is 9.47 Å². The lowest BCUT2D eigenvalue weighted by atomic mass is 9.73. The Balaban J connectivity index is 1.68. The number of hydrogen-bond acceptors (Lipinski definition) is 4. The molecule has 0 aliphatic carbocycles. The Morgan fingerprint density at radius 2 is 2.50 bits per heavy atom. The Kier molecular flexibility index (Phi) is 3.48. The van der Waals surface area contributed by atoms with Gasteiger partial charge in [0.1, 0.15) is 0 Å². The summed E-state index contributed by atoms with van der Waals surface area (Å²) in [4.78, 5) is 4.21. The third kappa shape index (κ3) is 2.35. The number of pyridine rings is 1. The molecule has 0 amide bonds. The van der Waals surface area contributed by atoms with E-state index in [0.29, 0.717) is 18.6 Å². The zero-order chi connectivity index (χ0) is 12.3. The molecule has 4 heteroatoms. The highest BCUT2D eigenvalue weighted by molar-refractivity contribution is 5.10. The summed E-state index contributed by atoms with van der Waals surface area (Å²) < 4.78 is 11.8. The first-order valence-electron chi connectivity index (χ1n) is 6.75. The molecule has 0 unspecified atom stereocenters. The molecular formula is C14H20N2O2. The predicted octanol–water partition coefficient (Wildman–Crippen LogP) is 1.62. The lowest BCUT2D eigenvalue weighted by Gasteiger charge is -2.46. The van der Waals surface area contributed by atoms with Gasteiger partial charge in [-0.1, -0.05) is 6.07 Å². The van der Waals surface area contributed by atoms with E-state index < -0.39 is 0 Å². The molecule has 2 fully saturated rings. The molecule has 2 atom stereocenters. The van der Waals surface area contributed by atoms with Crippen molar-refractivity contribution in [1.82, 2.24) is 10.3 Å². The summed E-state index contributed by atoms with van der Waals surface area (Å²) in [6.07, 6.45) is 5.50. The zero-order valence-corrected chi connectivity index (χ0v) is 10.6. The lowest BCUT2D eigenvalue weighted by molar-refractivity contribution is -0.115. The van der Waals surface area contributed by atoms with Crippen LogP contribution in [0.3, 0.4) is 0 Å². The van der Waals surface area contributed by atoms with Gasteiger partial charge in [0.2, 0.25) is 5.88 Å². The van der Waals surface area contributed by atoms with E-state index in [-0.39, 0.29) is 5.41 Å². The molecule has 1 aromatic heterocycles. The quantitative estimate of drug-likeness (QED) is 0.882. The SMILES string of the molecule is c1ccc(OC[C@]23CCCO[C@H]2CCNC3)nc1. The van der Waals surface area contributed by atoms with Crippen molar-refractivity contribution in [1.29, 1.82) is 0 Å². The van der Waals surface area contributed by atoms with Gasteiger partial charge in [-0.15, -0.1) is 0 Å². The summed E-state index contributed by atoms with van der Waals surface area (Å²) in [5.41, 5.74) is 0.133. The fourth-order valence-electron chi connectivity index (χ4n) is 3.02. The van der Waals surface area contributed by atoms with Crippen LogP contribution in [0.1, 0.15) is 19.3 Å². The number of aromatic nitrogens is 1. The van der Waals surface area contributed by atoms with E-state index in [1.807, 2.05) is 18.2 Å². The van der Waals surface area contributed by atoms with Gasteiger partial charge in [0.15, 0.2) is 0 Å². The Morgan fingerprint density at radius 3 is 3.39 bits per heavy atom. The fourth-order valence-corrected chi connectivity index (χ4v) is 3.02. The summed E-state index contributed by atoms with van der Waals surface area (Å²) in [7, 11) is 0. The van der Waals surface area contributed by atoms with E-state index >= 15 is 0 Å². The summed E-state index contributed by atoms with van der Waals surface area (Å²) in [5.74, 6) is 0.710. The van der Waals surface area contributed by atoms with Crippen molar-refractivity contribution in [3.05, 3.63) is 24.4 Å². The monoisotopic (exact) mass is 248 g/mol. The van der Waals surface area contributed by atoms with Gasteiger partial charge in [-0.25, -0.2) is 4.98 Å². The predicted molar refractivity (Wildman–Crippen MR) is 68.6 cm³/mol. The minimum absolute atomic E-state index is 0.133. The van der Waals surface area contributed by atoms with Crippen molar-refractivity contribution in [3.8, 4) is 5.88 Å². The van der Waals surface area contributed by atoms with E-state index in [1.165, 1.54) is 6.42 Å². The van der Waals surface area contributed by atoms with Crippen LogP contribution in [0.2, 0.25) is 0 Å². The van der Waals surface area contributed by atoms with Crippen molar-refractivity contribution in [3.63, 3.8) is 0 Å². The van der Waals surface area contributed by atoms with Crippen molar-refractivity contribution in [2.24, 2.45) is 5.41 Å². The summed E-state index contributed by atoms with van der Waals surface area (Å²) >= 11 is 0. The standard InChI is InChI=1S/C14H20N2O2/c1-2-7-16-13(4-1)18-11-14-6-3-9-17-12(14)5-8-15-10-14/h1-2,4,7,12,15H,3,5-6,8-11H2/t12-,14+/m0/s1. The van der Waals surface area contributed by atoms with Crippen LogP contribution in [0, 0.1) is 5.41 Å². The number of fused-ring (bicyclic) bond motifs is 1. The van der Waals surface area contributed by atoms with Crippen LogP contribution in [0.4, 0.5) is 0 Å². The molecular weight excluding hydrogens is 228 g/mol. The summed E-state index contributed by atoms with van der Waals surface area (Å²) in [6.45, 7) is 3.64. The van der Waals surface area contributed by atoms with Gasteiger partial charge in [-0.3, -0.25) is 0 Å². The van der Waals surface area contributed by atoms with E-state index in [1.54, 1.807) is 6.20 Å². The molecule has 0 bridgehead atoms. The smallest absolute Gasteiger partial charge is 0.213 e. The zero-order valence-electron chi connectivity index (χ0n) is 10.6. The average Bonchev–Trinajstić information content (AvgIpc) is 2.46. The van der Waals surface area contributed by atoms with Crippen molar-refractivity contribution >= 4 is 0 Å². The van der Waals surface area contributed by atoms with Crippen LogP contribution in [0.15, 0.2) is 24.4 Å². The Labute approximate surface area is 108 Å². The van der Waals surface area contributed by atoms with E-state index in [0.717, 1.165) is 32.5 Å². The van der Waals surface area contributed by atoms with Gasteiger partial charge in [-0.05, 0) is 31.9 Å². The number of nitrogens with one attached hydrogen (secondary N) is 1. The maximum absolute atomic E-state index is 5.93. The highest BCUT2D eigenvalue weighted by atomic mass is 16.5. The van der Waals surface area contributed by atoms with Crippen LogP contribution in [0.25, 0.3) is 0 Å². The molecule has 1 N–H and O–H groups in total. The topological polar surface area (TPSA) is 43.4 Å². The lowest BCUT2D eigenvalue weighted by Crippen LogP contribution is -2.56. The minimum Gasteiger partial charge on any atom is -0.477 e. The van der Waals surface area contributed by atoms with Crippen LogP contribution in [-0.4, -0.2) is 37.4 Å². The number of hydrogen-bond donors (Lipinski definition) is 1. The molecule has 0 aromatic carbocycles. The molecule has 1 aromatic rings. The fraction of sp³-hybridized carbons (Fsp3) is 0.643. The molecule has 0 spiro atoms. The second kappa shape index (κ2) is 5.24. The summed E-state index contributed by atoms with van der Waals surface area (Å²) in [6, 6.07) is 5.76. The van der Waals surface area contributed by atoms with Gasteiger partial charge < -0.3 is 14.8 Å². The molecule has 2 saturated heterocycles. The van der Waals surface area contributed by atoms with E-state index in [2.05, 4.69) is 10.3 Å². The Morgan fingerprint density at radius 1 is 1.50 bits per heavy atom. The van der Waals surface area contributed by atoms with Crippen molar-refractivity contribution in [2.45, 2.75) is 25.4 Å². The molecule has 98 valence electrons. The molecule has 3 rings (SSSR count). The third-order valence-electron chi connectivity index (χ3n) is 4.03. The molecule has 2 aliphatic heterocycles. The van der Waals surface area contributed by atoms with Gasteiger partial charge in [0.05, 0.1) is 12.7 Å². The van der Waals surface area contributed by atoms with Crippen LogP contribution < -0.4 is 10.1 Å². The van der Waals surface area contributed by atoms with Gasteiger partial charge in [-0.2, -0.15) is 0 Å².